The van der Waals surface area contributed by atoms with Gasteiger partial charge in [-0.05, 0) is 23.8 Å². The average molecular weight is 237 g/mol. The number of rotatable bonds is 3. The maximum atomic E-state index is 13.2. The third-order valence-electron chi connectivity index (χ3n) is 2.15. The second kappa shape index (κ2) is 4.67. The molecule has 0 bridgehead atoms. The van der Waals surface area contributed by atoms with Crippen molar-refractivity contribution in [2.45, 2.75) is 16.6 Å². The van der Waals surface area contributed by atoms with Gasteiger partial charge < -0.3 is 10.3 Å². The van der Waals surface area contributed by atoms with Crippen molar-refractivity contribution in [1.82, 2.24) is 9.55 Å². The fraction of sp³-hybridized carbons (Fsp3) is 0.182. The summed E-state index contributed by atoms with van der Waals surface area (Å²) in [5.41, 5.74) is 6.28. The molecule has 1 aromatic heterocycles. The molecule has 0 saturated carbocycles. The van der Waals surface area contributed by atoms with Gasteiger partial charge in [0.25, 0.3) is 0 Å². The van der Waals surface area contributed by atoms with Gasteiger partial charge in [-0.25, -0.2) is 9.37 Å². The van der Waals surface area contributed by atoms with Gasteiger partial charge in [-0.3, -0.25) is 0 Å². The van der Waals surface area contributed by atoms with E-state index in [0.717, 1.165) is 15.6 Å². The Morgan fingerprint density at radius 1 is 1.44 bits per heavy atom. The van der Waals surface area contributed by atoms with Crippen molar-refractivity contribution in [3.05, 3.63) is 42.0 Å². The zero-order valence-corrected chi connectivity index (χ0v) is 9.67. The highest BCUT2D eigenvalue weighted by Crippen LogP contribution is 2.27. The molecule has 0 aliphatic carbocycles. The van der Waals surface area contributed by atoms with E-state index in [1.807, 2.05) is 23.9 Å². The molecule has 1 aromatic carbocycles. The summed E-state index contributed by atoms with van der Waals surface area (Å²) in [6.07, 6.45) is 3.57. The minimum Gasteiger partial charge on any atom is -0.329 e. The van der Waals surface area contributed by atoms with E-state index in [1.165, 1.54) is 23.9 Å². The monoisotopic (exact) mass is 237 g/mol. The average Bonchev–Trinajstić information content (AvgIpc) is 2.63. The van der Waals surface area contributed by atoms with Crippen LogP contribution in [-0.2, 0) is 13.6 Å². The zero-order valence-electron chi connectivity index (χ0n) is 8.85. The molecule has 0 aliphatic rings. The highest BCUT2D eigenvalue weighted by molar-refractivity contribution is 7.99. The standard InChI is InChI=1S/C11H12FN3S/c1-15-3-2-14-11(15)16-10-5-8(7-13)4-9(12)6-10/h2-6H,7,13H2,1H3. The van der Waals surface area contributed by atoms with Crippen molar-refractivity contribution in [3.63, 3.8) is 0 Å². The Morgan fingerprint density at radius 2 is 2.25 bits per heavy atom. The molecular weight excluding hydrogens is 225 g/mol. The van der Waals surface area contributed by atoms with E-state index in [-0.39, 0.29) is 5.82 Å². The molecule has 0 fully saturated rings. The van der Waals surface area contributed by atoms with Crippen LogP contribution in [0, 0.1) is 5.82 Å². The lowest BCUT2D eigenvalue weighted by Crippen LogP contribution is -1.97. The van der Waals surface area contributed by atoms with Crippen molar-refractivity contribution < 1.29 is 4.39 Å². The minimum atomic E-state index is -0.264. The van der Waals surface area contributed by atoms with E-state index in [2.05, 4.69) is 4.98 Å². The summed E-state index contributed by atoms with van der Waals surface area (Å²) in [7, 11) is 1.90. The second-order valence-corrected chi connectivity index (χ2v) is 4.46. The van der Waals surface area contributed by atoms with Crippen molar-refractivity contribution in [1.29, 1.82) is 0 Å². The first-order valence-electron chi connectivity index (χ1n) is 4.84. The third-order valence-corrected chi connectivity index (χ3v) is 3.20. The van der Waals surface area contributed by atoms with Crippen LogP contribution >= 0.6 is 11.8 Å². The fourth-order valence-corrected chi connectivity index (χ4v) is 2.26. The largest absolute Gasteiger partial charge is 0.329 e. The summed E-state index contributed by atoms with van der Waals surface area (Å²) in [5.74, 6) is -0.264. The van der Waals surface area contributed by atoms with Crippen LogP contribution in [0.2, 0.25) is 0 Å². The first kappa shape index (κ1) is 11.2. The number of hydrogen-bond donors (Lipinski definition) is 1. The summed E-state index contributed by atoms with van der Waals surface area (Å²) >= 11 is 1.42. The van der Waals surface area contributed by atoms with Gasteiger partial charge in [0, 0.05) is 30.9 Å². The lowest BCUT2D eigenvalue weighted by atomic mass is 10.2. The highest BCUT2D eigenvalue weighted by atomic mass is 32.2. The molecule has 0 unspecified atom stereocenters. The number of aryl methyl sites for hydroxylation is 1. The van der Waals surface area contributed by atoms with Gasteiger partial charge in [0.1, 0.15) is 5.82 Å². The van der Waals surface area contributed by atoms with Gasteiger partial charge in [0.15, 0.2) is 5.16 Å². The van der Waals surface area contributed by atoms with Gasteiger partial charge in [0.2, 0.25) is 0 Å². The molecule has 2 aromatic rings. The Labute approximate surface area is 97.5 Å². The van der Waals surface area contributed by atoms with Crippen molar-refractivity contribution >= 4 is 11.8 Å². The Kier molecular flexibility index (Phi) is 3.26. The van der Waals surface area contributed by atoms with E-state index in [0.29, 0.717) is 6.54 Å². The first-order valence-corrected chi connectivity index (χ1v) is 5.65. The second-order valence-electron chi connectivity index (χ2n) is 3.42. The first-order chi connectivity index (χ1) is 7.69. The molecular formula is C11H12FN3S. The van der Waals surface area contributed by atoms with Crippen LogP contribution in [0.1, 0.15) is 5.56 Å². The van der Waals surface area contributed by atoms with Crippen LogP contribution in [0.15, 0.2) is 40.6 Å². The van der Waals surface area contributed by atoms with E-state index in [4.69, 9.17) is 5.73 Å². The molecule has 0 aliphatic heterocycles. The number of nitrogens with two attached hydrogens (primary N) is 1. The number of aromatic nitrogens is 2. The van der Waals surface area contributed by atoms with Crippen LogP contribution in [0.4, 0.5) is 4.39 Å². The number of halogens is 1. The SMILES string of the molecule is Cn1ccnc1Sc1cc(F)cc(CN)c1. The number of hydrogen-bond acceptors (Lipinski definition) is 3. The maximum absolute atomic E-state index is 13.2. The van der Waals surface area contributed by atoms with Crippen LogP contribution in [-0.4, -0.2) is 9.55 Å². The Morgan fingerprint density at radius 3 is 2.88 bits per heavy atom. The number of imidazole rings is 1. The molecule has 84 valence electrons. The van der Waals surface area contributed by atoms with Crippen LogP contribution in [0.3, 0.4) is 0 Å². The molecule has 0 radical (unpaired) electrons. The normalized spacial score (nSPS) is 10.7. The van der Waals surface area contributed by atoms with Crippen molar-refractivity contribution in [3.8, 4) is 0 Å². The highest BCUT2D eigenvalue weighted by Gasteiger charge is 2.05. The lowest BCUT2D eigenvalue weighted by molar-refractivity contribution is 0.621. The predicted octanol–water partition coefficient (Wildman–Crippen LogP) is 2.17. The summed E-state index contributed by atoms with van der Waals surface area (Å²) in [6, 6.07) is 4.81. The molecule has 0 spiro atoms. The molecule has 1 heterocycles. The predicted molar refractivity (Wildman–Crippen MR) is 61.6 cm³/mol. The van der Waals surface area contributed by atoms with Crippen LogP contribution in [0.5, 0.6) is 0 Å². The Hall–Kier alpha value is -1.33. The quantitative estimate of drug-likeness (QED) is 0.889. The number of nitrogens with zero attached hydrogens (tertiary/aromatic N) is 2. The molecule has 16 heavy (non-hydrogen) atoms. The molecule has 5 heteroatoms. The molecule has 3 nitrogen and oxygen atoms in total. The lowest BCUT2D eigenvalue weighted by Gasteiger charge is -2.04. The van der Waals surface area contributed by atoms with E-state index < -0.39 is 0 Å². The minimum absolute atomic E-state index is 0.264. The van der Waals surface area contributed by atoms with Gasteiger partial charge in [-0.15, -0.1) is 0 Å². The van der Waals surface area contributed by atoms with Crippen molar-refractivity contribution in [2.24, 2.45) is 12.8 Å². The topological polar surface area (TPSA) is 43.8 Å². The molecule has 2 N–H and O–H groups in total. The summed E-state index contributed by atoms with van der Waals surface area (Å²) in [5, 5.41) is 0.827. The van der Waals surface area contributed by atoms with E-state index in [1.54, 1.807) is 6.20 Å². The fourth-order valence-electron chi connectivity index (χ4n) is 1.35. The summed E-state index contributed by atoms with van der Waals surface area (Å²) < 4.78 is 15.1. The Balaban J connectivity index is 2.28. The molecule has 0 saturated heterocycles. The van der Waals surface area contributed by atoms with Gasteiger partial charge in [0.05, 0.1) is 0 Å². The summed E-state index contributed by atoms with van der Waals surface area (Å²) in [6.45, 7) is 0.339. The molecule has 0 atom stereocenters. The van der Waals surface area contributed by atoms with Crippen LogP contribution in [0.25, 0.3) is 0 Å². The van der Waals surface area contributed by atoms with Crippen LogP contribution < -0.4 is 5.73 Å². The van der Waals surface area contributed by atoms with E-state index in [9.17, 15) is 4.39 Å². The van der Waals surface area contributed by atoms with Gasteiger partial charge in [-0.1, -0.05) is 11.8 Å². The summed E-state index contributed by atoms with van der Waals surface area (Å²) in [4.78, 5) is 4.98. The van der Waals surface area contributed by atoms with Gasteiger partial charge in [-0.2, -0.15) is 0 Å². The maximum Gasteiger partial charge on any atom is 0.172 e. The van der Waals surface area contributed by atoms with E-state index >= 15 is 0 Å². The molecule has 2 rings (SSSR count). The molecule has 0 amide bonds. The third kappa shape index (κ3) is 2.43. The zero-order chi connectivity index (χ0) is 11.5. The van der Waals surface area contributed by atoms with Crippen molar-refractivity contribution in [2.75, 3.05) is 0 Å². The number of benzene rings is 1. The Bertz CT molecular complexity index is 496. The van der Waals surface area contributed by atoms with Gasteiger partial charge >= 0.3 is 0 Å². The smallest absolute Gasteiger partial charge is 0.172 e.